The van der Waals surface area contributed by atoms with Crippen LogP contribution in [-0.2, 0) is 6.54 Å². The third kappa shape index (κ3) is 4.09. The molecular weight excluding hydrogens is 492 g/mol. The second-order valence-corrected chi connectivity index (χ2v) is 9.93. The highest BCUT2D eigenvalue weighted by Crippen LogP contribution is 2.32. The number of pyridine rings is 1. The Kier molecular flexibility index (Phi) is 5.86. The smallest absolute Gasteiger partial charge is 0.354 e. The van der Waals surface area contributed by atoms with E-state index in [0.717, 1.165) is 16.0 Å². The molecule has 3 aromatic heterocycles. The minimum Gasteiger partial charge on any atom is -0.477 e. The summed E-state index contributed by atoms with van der Waals surface area (Å²) in [5.41, 5.74) is 1.63. The van der Waals surface area contributed by atoms with Crippen molar-refractivity contribution in [3.63, 3.8) is 0 Å². The number of aryl methyl sites for hydroxylation is 2. The van der Waals surface area contributed by atoms with Crippen LogP contribution in [0, 0.1) is 25.5 Å². The molecule has 5 nitrogen and oxygen atoms in total. The normalized spacial score (nSPS) is 11.3. The lowest BCUT2D eigenvalue weighted by atomic mass is 9.98. The van der Waals surface area contributed by atoms with Gasteiger partial charge in [0, 0.05) is 22.9 Å². The van der Waals surface area contributed by atoms with E-state index in [2.05, 4.69) is 4.98 Å². The van der Waals surface area contributed by atoms with Gasteiger partial charge in [0.1, 0.15) is 18.2 Å². The number of benzene rings is 2. The summed E-state index contributed by atoms with van der Waals surface area (Å²) in [5.74, 6) is -1.59. The molecule has 0 aliphatic rings. The number of hydrogen-bond donors (Lipinski definition) is 1. The minimum atomic E-state index is -0.714. The topological polar surface area (TPSA) is 58.5 Å². The zero-order valence-electron chi connectivity index (χ0n) is 18.7. The van der Waals surface area contributed by atoms with Gasteiger partial charge in [0.2, 0.25) is 0 Å². The van der Waals surface area contributed by atoms with Gasteiger partial charge in [-0.25, -0.2) is 18.6 Å². The average Bonchev–Trinajstić information content (AvgIpc) is 3.23. The first-order chi connectivity index (χ1) is 16.7. The molecular formula is C26H19ClF2N3O2S+. The maximum absolute atomic E-state index is 15.1. The van der Waals surface area contributed by atoms with Gasteiger partial charge in [-0.1, -0.05) is 29.8 Å². The number of nitrogens with zero attached hydrogens (tertiary/aromatic N) is 3. The fourth-order valence-corrected chi connectivity index (χ4v) is 5.17. The van der Waals surface area contributed by atoms with Crippen molar-refractivity contribution < 1.29 is 18.5 Å². The Balaban J connectivity index is 1.79. The quantitative estimate of drug-likeness (QED) is 0.316. The zero-order chi connectivity index (χ0) is 24.9. The Morgan fingerprint density at radius 2 is 1.89 bits per heavy atom. The van der Waals surface area contributed by atoms with Crippen LogP contribution in [0.15, 0.2) is 65.7 Å². The van der Waals surface area contributed by atoms with Crippen LogP contribution in [0.4, 0.5) is 8.78 Å². The van der Waals surface area contributed by atoms with Gasteiger partial charge in [0.25, 0.3) is 11.5 Å². The molecule has 0 bridgehead atoms. The Bertz CT molecular complexity index is 1680. The molecule has 3 heterocycles. The summed E-state index contributed by atoms with van der Waals surface area (Å²) in [6.07, 6.45) is 3.14. The number of rotatable bonds is 4. The summed E-state index contributed by atoms with van der Waals surface area (Å²) < 4.78 is 33.0. The van der Waals surface area contributed by atoms with Crippen LogP contribution < -0.4 is 10.1 Å². The average molecular weight is 511 g/mol. The summed E-state index contributed by atoms with van der Waals surface area (Å²) in [4.78, 5) is 18.3. The predicted molar refractivity (Wildman–Crippen MR) is 132 cm³/mol. The van der Waals surface area contributed by atoms with Crippen LogP contribution in [0.1, 0.15) is 16.0 Å². The van der Waals surface area contributed by atoms with Crippen LogP contribution >= 0.6 is 22.9 Å². The lowest BCUT2D eigenvalue weighted by Crippen LogP contribution is -2.41. The molecule has 0 unspecified atom stereocenters. The van der Waals surface area contributed by atoms with Crippen molar-refractivity contribution in [3.05, 3.63) is 103 Å². The predicted octanol–water partition coefficient (Wildman–Crippen LogP) is 5.68. The Labute approximate surface area is 208 Å². The lowest BCUT2D eigenvalue weighted by molar-refractivity contribution is -0.671. The molecule has 0 saturated carbocycles. The Morgan fingerprint density at radius 1 is 1.09 bits per heavy atom. The van der Waals surface area contributed by atoms with Crippen molar-refractivity contribution in [2.45, 2.75) is 20.4 Å². The largest absolute Gasteiger partial charge is 0.477 e. The van der Waals surface area contributed by atoms with E-state index in [1.807, 2.05) is 13.0 Å². The molecule has 0 fully saturated rings. The number of hydrogen-bond acceptors (Lipinski definition) is 4. The van der Waals surface area contributed by atoms with Gasteiger partial charge in [-0.2, -0.15) is 8.97 Å². The van der Waals surface area contributed by atoms with E-state index in [1.54, 1.807) is 37.5 Å². The van der Waals surface area contributed by atoms with Crippen molar-refractivity contribution in [2.24, 2.45) is 0 Å². The number of fused-ring (bicyclic) bond motifs is 1. The van der Waals surface area contributed by atoms with Gasteiger partial charge < -0.3 is 5.11 Å². The fourth-order valence-electron chi connectivity index (χ4n) is 4.20. The van der Waals surface area contributed by atoms with Crippen LogP contribution in [0.25, 0.3) is 27.9 Å². The van der Waals surface area contributed by atoms with Crippen molar-refractivity contribution in [2.75, 3.05) is 0 Å². The number of halogens is 3. The summed E-state index contributed by atoms with van der Waals surface area (Å²) in [6.45, 7) is 3.74. The van der Waals surface area contributed by atoms with Gasteiger partial charge in [0.05, 0.1) is 11.1 Å². The molecule has 0 saturated heterocycles. The van der Waals surface area contributed by atoms with Gasteiger partial charge in [-0.3, -0.25) is 0 Å². The van der Waals surface area contributed by atoms with E-state index in [1.165, 1.54) is 44.6 Å². The highest BCUT2D eigenvalue weighted by atomic mass is 35.5. The number of thiazole rings is 1. The summed E-state index contributed by atoms with van der Waals surface area (Å²) in [6, 6.07) is 12.2. The zero-order valence-corrected chi connectivity index (χ0v) is 20.3. The Hall–Kier alpha value is -3.62. The highest BCUT2D eigenvalue weighted by Gasteiger charge is 2.29. The molecule has 35 heavy (non-hydrogen) atoms. The monoisotopic (exact) mass is 510 g/mol. The maximum Gasteiger partial charge on any atom is 0.354 e. The number of aromatic hydroxyl groups is 1. The second-order valence-electron chi connectivity index (χ2n) is 8.23. The lowest BCUT2D eigenvalue weighted by Gasteiger charge is -2.12. The van der Waals surface area contributed by atoms with E-state index < -0.39 is 23.1 Å². The first-order valence-electron chi connectivity index (χ1n) is 10.7. The maximum atomic E-state index is 15.1. The highest BCUT2D eigenvalue weighted by molar-refractivity contribution is 7.15. The summed E-state index contributed by atoms with van der Waals surface area (Å²) in [7, 11) is 0. The van der Waals surface area contributed by atoms with Gasteiger partial charge >= 0.3 is 5.56 Å². The third-order valence-corrected chi connectivity index (χ3v) is 6.94. The van der Waals surface area contributed by atoms with E-state index in [9.17, 15) is 14.3 Å². The Morgan fingerprint density at radius 3 is 2.60 bits per heavy atom. The van der Waals surface area contributed by atoms with Crippen molar-refractivity contribution in [3.8, 4) is 28.1 Å². The summed E-state index contributed by atoms with van der Waals surface area (Å²) >= 11 is 7.22. The van der Waals surface area contributed by atoms with Crippen LogP contribution in [0.3, 0.4) is 0 Å². The first kappa shape index (κ1) is 23.1. The molecule has 0 spiro atoms. The van der Waals surface area contributed by atoms with Gasteiger partial charge in [-0.05, 0) is 55.3 Å². The van der Waals surface area contributed by atoms with Gasteiger partial charge in [-0.15, -0.1) is 11.3 Å². The van der Waals surface area contributed by atoms with E-state index >= 15 is 4.39 Å². The molecule has 0 radical (unpaired) electrons. The molecule has 0 aliphatic carbocycles. The molecule has 9 heteroatoms. The summed E-state index contributed by atoms with van der Waals surface area (Å²) in [5, 5.41) is 11.4. The molecule has 0 aliphatic heterocycles. The molecule has 0 amide bonds. The minimum absolute atomic E-state index is 0.128. The molecule has 1 N–H and O–H groups in total. The van der Waals surface area contributed by atoms with Crippen molar-refractivity contribution in [1.82, 2.24) is 9.38 Å². The molecule has 5 aromatic rings. The van der Waals surface area contributed by atoms with Crippen molar-refractivity contribution >= 4 is 28.6 Å². The van der Waals surface area contributed by atoms with Crippen LogP contribution in [0.2, 0.25) is 4.47 Å². The van der Waals surface area contributed by atoms with E-state index in [-0.39, 0.29) is 23.2 Å². The van der Waals surface area contributed by atoms with Crippen molar-refractivity contribution in [1.29, 1.82) is 0 Å². The SMILES string of the molecule is Cc1ccc(-c2ccc(F)c(-c3c(O)[n+](Cc4cnc(Cl)s4)c4c(C)cccn4c3=O)c2)c(F)c1. The first-order valence-corrected chi connectivity index (χ1v) is 11.9. The molecule has 0 atom stereocenters. The fraction of sp³-hybridized carbons (Fsp3) is 0.115. The molecule has 176 valence electrons. The van der Waals surface area contributed by atoms with E-state index in [4.69, 9.17) is 11.6 Å². The molecule has 5 rings (SSSR count). The molecule has 2 aromatic carbocycles. The standard InChI is InChI=1S/C26H18ClF2N3O2S/c1-14-5-7-18(21(29)10-14)16-6-8-20(28)19(11-16)22-24(33)31-9-3-4-15(2)23(31)32(25(22)34)13-17-12-30-26(27)35-17/h3-12H,13H2,1-2H3/p+1. The van der Waals surface area contributed by atoms with Gasteiger partial charge in [0.15, 0.2) is 10.0 Å². The van der Waals surface area contributed by atoms with Crippen LogP contribution in [-0.4, -0.2) is 14.5 Å². The third-order valence-electron chi connectivity index (χ3n) is 5.84. The van der Waals surface area contributed by atoms with Crippen LogP contribution in [0.5, 0.6) is 5.88 Å². The number of aromatic nitrogens is 3. The van der Waals surface area contributed by atoms with E-state index in [0.29, 0.717) is 15.7 Å². The second kappa shape index (κ2) is 8.87.